The largest absolute Gasteiger partial charge is 0.248 e. The summed E-state index contributed by atoms with van der Waals surface area (Å²) in [7, 11) is 0. The first kappa shape index (κ1) is 26.7. The zero-order chi connectivity index (χ0) is 31.6. The van der Waals surface area contributed by atoms with E-state index >= 15 is 0 Å². The quantitative estimate of drug-likeness (QED) is 0.147. The van der Waals surface area contributed by atoms with Crippen LogP contribution in [0.4, 0.5) is 0 Å². The Morgan fingerprint density at radius 3 is 1.21 bits per heavy atom. The number of benzene rings is 6. The minimum Gasteiger partial charge on any atom is -0.248 e. The second-order valence-electron chi connectivity index (χ2n) is 12.4. The van der Waals surface area contributed by atoms with Crippen molar-refractivity contribution in [2.45, 2.75) is 0 Å². The maximum Gasteiger partial charge on any atom is 0.0973 e. The molecule has 0 fully saturated rings. The van der Waals surface area contributed by atoms with Crippen LogP contribution in [0.3, 0.4) is 0 Å². The van der Waals surface area contributed by atoms with E-state index in [0.29, 0.717) is 0 Å². The number of hydrogen-bond acceptors (Lipinski definition) is 4. The summed E-state index contributed by atoms with van der Waals surface area (Å²) < 4.78 is 0. The van der Waals surface area contributed by atoms with Crippen LogP contribution in [0.2, 0.25) is 0 Å². The van der Waals surface area contributed by atoms with E-state index in [9.17, 15) is 0 Å². The molecule has 0 spiro atoms. The summed E-state index contributed by atoms with van der Waals surface area (Å²) in [5, 5.41) is 9.15. The number of rotatable bonds is 3. The average molecular weight is 611 g/mol. The van der Waals surface area contributed by atoms with Crippen LogP contribution in [0.15, 0.2) is 158 Å². The molecule has 4 aromatic heterocycles. The summed E-state index contributed by atoms with van der Waals surface area (Å²) in [6.07, 6.45) is 0. The van der Waals surface area contributed by atoms with Crippen LogP contribution in [-0.4, -0.2) is 19.9 Å². The van der Waals surface area contributed by atoms with Crippen LogP contribution in [0, 0.1) is 0 Å². The molecule has 4 heterocycles. The van der Waals surface area contributed by atoms with Gasteiger partial charge >= 0.3 is 0 Å². The fraction of sp³-hybridized carbons (Fsp3) is 0. The predicted molar refractivity (Wildman–Crippen MR) is 199 cm³/mol. The van der Waals surface area contributed by atoms with Gasteiger partial charge in [0.25, 0.3) is 0 Å². The molecular weight excluding hydrogens is 585 g/mol. The van der Waals surface area contributed by atoms with Gasteiger partial charge in [-0.1, -0.05) is 103 Å². The first-order valence-electron chi connectivity index (χ1n) is 16.1. The molecule has 0 aliphatic carbocycles. The van der Waals surface area contributed by atoms with Gasteiger partial charge in [0.2, 0.25) is 0 Å². The van der Waals surface area contributed by atoms with E-state index in [2.05, 4.69) is 158 Å². The SMILES string of the molecule is c1cc(-c2ccc3cc4ccccc4cc3n2)cc(-c2ccc3ccc4ccc(-c5ccc6cc7ccccc7cc6n5)nc4c3n2)c1. The van der Waals surface area contributed by atoms with Crippen molar-refractivity contribution < 1.29 is 0 Å². The van der Waals surface area contributed by atoms with Gasteiger partial charge in [-0.05, 0) is 76.1 Å². The minimum atomic E-state index is 0.828. The van der Waals surface area contributed by atoms with E-state index < -0.39 is 0 Å². The third-order valence-electron chi connectivity index (χ3n) is 9.35. The van der Waals surface area contributed by atoms with E-state index in [0.717, 1.165) is 77.5 Å². The van der Waals surface area contributed by atoms with Crippen molar-refractivity contribution in [1.29, 1.82) is 0 Å². The molecule has 10 rings (SSSR count). The fourth-order valence-electron chi connectivity index (χ4n) is 6.84. The molecule has 0 atom stereocenters. The summed E-state index contributed by atoms with van der Waals surface area (Å²) in [5.74, 6) is 0. The monoisotopic (exact) mass is 610 g/mol. The highest BCUT2D eigenvalue weighted by atomic mass is 14.8. The van der Waals surface area contributed by atoms with Crippen molar-refractivity contribution >= 4 is 65.2 Å². The van der Waals surface area contributed by atoms with Gasteiger partial charge in [0, 0.05) is 32.7 Å². The van der Waals surface area contributed by atoms with E-state index in [4.69, 9.17) is 19.9 Å². The molecule has 4 heteroatoms. The van der Waals surface area contributed by atoms with Gasteiger partial charge in [-0.15, -0.1) is 0 Å². The number of aromatic nitrogens is 4. The standard InChI is InChI=1S/C44H26N4/c1-3-8-31-25-41-35(22-29(31)6-1)16-19-37(45-41)33-10-5-11-34(24-33)38-18-14-27-12-13-28-15-20-40(48-44(28)43(27)47-38)39-21-17-36-23-30-7-2-4-9-32(30)26-42(36)46-39/h1-26H. The molecule has 6 aromatic carbocycles. The molecule has 0 saturated heterocycles. The summed E-state index contributed by atoms with van der Waals surface area (Å²) in [4.78, 5) is 20.5. The van der Waals surface area contributed by atoms with Crippen LogP contribution in [0.1, 0.15) is 0 Å². The van der Waals surface area contributed by atoms with Crippen molar-refractivity contribution in [2.75, 3.05) is 0 Å². The van der Waals surface area contributed by atoms with Gasteiger partial charge in [0.05, 0.1) is 44.8 Å². The van der Waals surface area contributed by atoms with Crippen molar-refractivity contribution in [2.24, 2.45) is 0 Å². The lowest BCUT2D eigenvalue weighted by Crippen LogP contribution is -1.93. The zero-order valence-corrected chi connectivity index (χ0v) is 25.8. The Labute approximate surface area is 276 Å². The Balaban J connectivity index is 1.06. The van der Waals surface area contributed by atoms with Crippen LogP contribution >= 0.6 is 0 Å². The summed E-state index contributed by atoms with van der Waals surface area (Å²) >= 11 is 0. The van der Waals surface area contributed by atoms with Gasteiger partial charge in [0.1, 0.15) is 0 Å². The lowest BCUT2D eigenvalue weighted by Gasteiger charge is -2.10. The van der Waals surface area contributed by atoms with Crippen molar-refractivity contribution in [3.63, 3.8) is 0 Å². The first-order valence-corrected chi connectivity index (χ1v) is 16.1. The molecular formula is C44H26N4. The molecule has 0 N–H and O–H groups in total. The molecule has 10 aromatic rings. The molecule has 4 nitrogen and oxygen atoms in total. The zero-order valence-electron chi connectivity index (χ0n) is 25.8. The highest BCUT2D eigenvalue weighted by Crippen LogP contribution is 2.32. The van der Waals surface area contributed by atoms with Crippen LogP contribution in [0.5, 0.6) is 0 Å². The third-order valence-corrected chi connectivity index (χ3v) is 9.35. The molecule has 0 radical (unpaired) electrons. The average Bonchev–Trinajstić information content (AvgIpc) is 3.15. The fourth-order valence-corrected chi connectivity index (χ4v) is 6.84. The van der Waals surface area contributed by atoms with Gasteiger partial charge < -0.3 is 0 Å². The lowest BCUT2D eigenvalue weighted by atomic mass is 10.0. The molecule has 0 aliphatic rings. The second-order valence-corrected chi connectivity index (χ2v) is 12.4. The van der Waals surface area contributed by atoms with Crippen LogP contribution < -0.4 is 0 Å². The van der Waals surface area contributed by atoms with E-state index in [-0.39, 0.29) is 0 Å². The Bertz CT molecular complexity index is 2910. The van der Waals surface area contributed by atoms with Crippen LogP contribution in [0.25, 0.3) is 99.1 Å². The summed E-state index contributed by atoms with van der Waals surface area (Å²) in [6.45, 7) is 0. The maximum atomic E-state index is 5.21. The molecule has 0 bridgehead atoms. The summed E-state index contributed by atoms with van der Waals surface area (Å²) in [6, 6.07) is 55.1. The van der Waals surface area contributed by atoms with E-state index in [1.54, 1.807) is 0 Å². The summed E-state index contributed by atoms with van der Waals surface area (Å²) in [5.41, 5.74) is 9.28. The highest BCUT2D eigenvalue weighted by Gasteiger charge is 2.12. The first-order chi connectivity index (χ1) is 23.7. The highest BCUT2D eigenvalue weighted by molar-refractivity contribution is 6.04. The molecule has 222 valence electrons. The molecule has 0 amide bonds. The van der Waals surface area contributed by atoms with Gasteiger partial charge in [0.15, 0.2) is 0 Å². The normalized spacial score (nSPS) is 11.8. The number of hydrogen-bond donors (Lipinski definition) is 0. The smallest absolute Gasteiger partial charge is 0.0973 e. The van der Waals surface area contributed by atoms with E-state index in [1.807, 2.05) is 0 Å². The van der Waals surface area contributed by atoms with Crippen molar-refractivity contribution in [3.05, 3.63) is 158 Å². The minimum absolute atomic E-state index is 0.828. The lowest BCUT2D eigenvalue weighted by molar-refractivity contribution is 1.31. The van der Waals surface area contributed by atoms with E-state index in [1.165, 1.54) is 21.5 Å². The predicted octanol–water partition coefficient (Wildman–Crippen LogP) is 11.2. The maximum absolute atomic E-state index is 5.21. The number of pyridine rings is 4. The second kappa shape index (κ2) is 10.5. The number of fused-ring (bicyclic) bond motifs is 7. The molecule has 0 unspecified atom stereocenters. The third kappa shape index (κ3) is 4.46. The van der Waals surface area contributed by atoms with Gasteiger partial charge in [-0.3, -0.25) is 0 Å². The van der Waals surface area contributed by atoms with Crippen LogP contribution in [-0.2, 0) is 0 Å². The number of nitrogens with zero attached hydrogens (tertiary/aromatic N) is 4. The molecule has 48 heavy (non-hydrogen) atoms. The van der Waals surface area contributed by atoms with Gasteiger partial charge in [-0.2, -0.15) is 0 Å². The molecule has 0 saturated carbocycles. The van der Waals surface area contributed by atoms with Crippen molar-refractivity contribution in [1.82, 2.24) is 19.9 Å². The van der Waals surface area contributed by atoms with Crippen molar-refractivity contribution in [3.8, 4) is 33.9 Å². The Morgan fingerprint density at radius 1 is 0.250 bits per heavy atom. The van der Waals surface area contributed by atoms with Gasteiger partial charge in [-0.25, -0.2) is 19.9 Å². The Hall–Kier alpha value is -6.52. The Morgan fingerprint density at radius 2 is 0.646 bits per heavy atom. The Kier molecular flexibility index (Phi) is 5.84. The molecule has 0 aliphatic heterocycles. The topological polar surface area (TPSA) is 51.6 Å².